The standard InChI is InChI=1S/C22H25ClN6/c1-3-4-9-20-24-21(23)15(2)29(20)14-16-10-12-17(13-11-16)18-7-5-6-8-19(18)22-25-27-28-26-22/h5-8,10-13,27-28H,3-4,9,14H2,1-2H3,(H,25,26). The minimum absolute atomic E-state index is 0.605. The van der Waals surface area contributed by atoms with Crippen molar-refractivity contribution in [1.82, 2.24) is 26.0 Å². The number of imidazole rings is 1. The Morgan fingerprint density at radius 3 is 2.48 bits per heavy atom. The fraction of sp³-hybridized carbons (Fsp3) is 0.273. The summed E-state index contributed by atoms with van der Waals surface area (Å²) in [4.78, 5) is 4.56. The van der Waals surface area contributed by atoms with E-state index in [1.807, 2.05) is 19.1 Å². The Labute approximate surface area is 175 Å². The number of nitrogens with zero attached hydrogens (tertiary/aromatic N) is 3. The summed E-state index contributed by atoms with van der Waals surface area (Å²) >= 11 is 6.31. The first-order chi connectivity index (χ1) is 14.2. The Bertz CT molecular complexity index is 1020. The first-order valence-corrected chi connectivity index (χ1v) is 10.3. The monoisotopic (exact) mass is 408 g/mol. The van der Waals surface area contributed by atoms with Gasteiger partial charge in [0.2, 0.25) is 0 Å². The van der Waals surface area contributed by atoms with Gasteiger partial charge < -0.3 is 4.57 Å². The summed E-state index contributed by atoms with van der Waals surface area (Å²) in [5.41, 5.74) is 14.1. The van der Waals surface area contributed by atoms with Crippen molar-refractivity contribution in [3.05, 3.63) is 76.3 Å². The summed E-state index contributed by atoms with van der Waals surface area (Å²) in [7, 11) is 0. The molecule has 3 N–H and O–H groups in total. The number of hydrazine groups is 2. The number of hydrogen-bond acceptors (Lipinski definition) is 5. The maximum atomic E-state index is 6.31. The highest BCUT2D eigenvalue weighted by molar-refractivity contribution is 6.30. The highest BCUT2D eigenvalue weighted by Crippen LogP contribution is 2.26. The molecule has 7 heteroatoms. The van der Waals surface area contributed by atoms with Gasteiger partial charge in [-0.3, -0.25) is 5.43 Å². The van der Waals surface area contributed by atoms with Gasteiger partial charge in [-0.1, -0.05) is 73.5 Å². The molecule has 2 aromatic carbocycles. The van der Waals surface area contributed by atoms with Crippen LogP contribution in [0.2, 0.25) is 5.15 Å². The third-order valence-electron chi connectivity index (χ3n) is 5.19. The first-order valence-electron chi connectivity index (χ1n) is 9.91. The van der Waals surface area contributed by atoms with Crippen molar-refractivity contribution in [3.8, 4) is 11.1 Å². The van der Waals surface area contributed by atoms with E-state index in [1.54, 1.807) is 0 Å². The molecule has 2 heterocycles. The third kappa shape index (κ3) is 4.13. The zero-order valence-electron chi connectivity index (χ0n) is 16.7. The largest absolute Gasteiger partial charge is 0.326 e. The van der Waals surface area contributed by atoms with Gasteiger partial charge in [0.15, 0.2) is 5.84 Å². The van der Waals surface area contributed by atoms with E-state index in [2.05, 4.69) is 74.5 Å². The minimum Gasteiger partial charge on any atom is -0.326 e. The topological polar surface area (TPSA) is 66.3 Å². The molecule has 1 aromatic heterocycles. The fourth-order valence-electron chi connectivity index (χ4n) is 3.54. The molecule has 1 aliphatic heterocycles. The highest BCUT2D eigenvalue weighted by Gasteiger charge is 2.15. The van der Waals surface area contributed by atoms with E-state index in [-0.39, 0.29) is 0 Å². The van der Waals surface area contributed by atoms with E-state index in [4.69, 9.17) is 11.6 Å². The van der Waals surface area contributed by atoms with Gasteiger partial charge in [0, 0.05) is 18.5 Å². The van der Waals surface area contributed by atoms with E-state index in [1.165, 1.54) is 5.56 Å². The predicted molar refractivity (Wildman–Crippen MR) is 118 cm³/mol. The lowest BCUT2D eigenvalue weighted by Crippen LogP contribution is -2.35. The van der Waals surface area contributed by atoms with Crippen LogP contribution in [0.25, 0.3) is 11.1 Å². The van der Waals surface area contributed by atoms with Crippen molar-refractivity contribution in [2.24, 2.45) is 5.10 Å². The number of aromatic nitrogens is 2. The normalized spacial score (nSPS) is 13.1. The number of benzene rings is 2. The van der Waals surface area contributed by atoms with Crippen molar-refractivity contribution < 1.29 is 0 Å². The van der Waals surface area contributed by atoms with Crippen molar-refractivity contribution in [3.63, 3.8) is 0 Å². The summed E-state index contributed by atoms with van der Waals surface area (Å²) in [6.07, 6.45) is 3.21. The lowest BCUT2D eigenvalue weighted by molar-refractivity contribution is 0.577. The van der Waals surface area contributed by atoms with E-state index in [9.17, 15) is 0 Å². The summed E-state index contributed by atoms with van der Waals surface area (Å²) < 4.78 is 2.23. The van der Waals surface area contributed by atoms with Crippen LogP contribution in [0.5, 0.6) is 0 Å². The molecular weight excluding hydrogens is 384 g/mol. The fourth-order valence-corrected chi connectivity index (χ4v) is 3.73. The Kier molecular flexibility index (Phi) is 5.83. The van der Waals surface area contributed by atoms with Gasteiger partial charge in [-0.15, -0.1) is 10.6 Å². The Morgan fingerprint density at radius 2 is 1.79 bits per heavy atom. The second-order valence-corrected chi connectivity index (χ2v) is 7.52. The summed E-state index contributed by atoms with van der Waals surface area (Å²) in [5, 5.41) is 4.84. The van der Waals surface area contributed by atoms with Gasteiger partial charge in [0.05, 0.1) is 5.69 Å². The third-order valence-corrected chi connectivity index (χ3v) is 5.55. The quantitative estimate of drug-likeness (QED) is 0.548. The highest BCUT2D eigenvalue weighted by atomic mass is 35.5. The lowest BCUT2D eigenvalue weighted by Gasteiger charge is -2.12. The zero-order chi connectivity index (χ0) is 20.2. The molecule has 0 fully saturated rings. The molecule has 0 aliphatic carbocycles. The van der Waals surface area contributed by atoms with Crippen LogP contribution in [-0.2, 0) is 13.0 Å². The Hall–Kier alpha value is -2.83. The molecule has 29 heavy (non-hydrogen) atoms. The predicted octanol–water partition coefficient (Wildman–Crippen LogP) is 4.18. The number of rotatable bonds is 7. The molecule has 0 saturated heterocycles. The second kappa shape index (κ2) is 8.68. The molecule has 0 saturated carbocycles. The summed E-state index contributed by atoms with van der Waals surface area (Å²) in [6.45, 7) is 5.00. The van der Waals surface area contributed by atoms with Crippen molar-refractivity contribution >= 4 is 17.4 Å². The number of aryl methyl sites for hydroxylation is 1. The molecule has 3 aromatic rings. The molecule has 0 spiro atoms. The Balaban J connectivity index is 1.59. The van der Waals surface area contributed by atoms with Crippen molar-refractivity contribution in [2.75, 3.05) is 0 Å². The minimum atomic E-state index is 0.605. The van der Waals surface area contributed by atoms with Crippen LogP contribution in [0.15, 0.2) is 53.6 Å². The molecular formula is C22H25ClN6. The van der Waals surface area contributed by atoms with Gasteiger partial charge in [0.25, 0.3) is 0 Å². The first kappa shape index (κ1) is 19.5. The Morgan fingerprint density at radius 1 is 1.03 bits per heavy atom. The number of nitrogens with one attached hydrogen (secondary N) is 3. The van der Waals surface area contributed by atoms with Gasteiger partial charge in [-0.05, 0) is 30.0 Å². The number of amidine groups is 1. The number of hydrogen-bond donors (Lipinski definition) is 3. The molecule has 0 bridgehead atoms. The second-order valence-electron chi connectivity index (χ2n) is 7.16. The lowest BCUT2D eigenvalue weighted by atomic mass is 9.98. The molecule has 1 aliphatic rings. The van der Waals surface area contributed by atoms with Crippen molar-refractivity contribution in [2.45, 2.75) is 39.7 Å². The van der Waals surface area contributed by atoms with Crippen LogP contribution in [-0.4, -0.2) is 15.4 Å². The average Bonchev–Trinajstić information content (AvgIpc) is 3.37. The van der Waals surface area contributed by atoms with Gasteiger partial charge in [-0.25, -0.2) is 10.5 Å². The van der Waals surface area contributed by atoms with Crippen LogP contribution < -0.4 is 16.5 Å². The van der Waals surface area contributed by atoms with Gasteiger partial charge in [0.1, 0.15) is 11.0 Å². The number of hydrazone groups is 1. The summed E-state index contributed by atoms with van der Waals surface area (Å²) in [6, 6.07) is 16.9. The van der Waals surface area contributed by atoms with Crippen LogP contribution in [0.4, 0.5) is 0 Å². The number of halogens is 1. The van der Waals surface area contributed by atoms with Crippen molar-refractivity contribution in [1.29, 1.82) is 0 Å². The van der Waals surface area contributed by atoms with Crippen LogP contribution in [0, 0.1) is 6.92 Å². The molecule has 4 rings (SSSR count). The van der Waals surface area contributed by atoms with E-state index >= 15 is 0 Å². The molecule has 6 nitrogen and oxygen atoms in total. The molecule has 150 valence electrons. The van der Waals surface area contributed by atoms with Crippen LogP contribution in [0.1, 0.15) is 42.4 Å². The van der Waals surface area contributed by atoms with Crippen LogP contribution in [0.3, 0.4) is 0 Å². The molecule has 0 unspecified atom stereocenters. The SMILES string of the molecule is CCCCc1nc(Cl)c(C)n1Cc1ccc(-c2ccccc2C2=NNNN2)cc1. The number of unbranched alkanes of at least 4 members (excludes halogenated alkanes) is 1. The zero-order valence-corrected chi connectivity index (χ0v) is 17.4. The summed E-state index contributed by atoms with van der Waals surface area (Å²) in [5.74, 6) is 1.84. The molecule has 0 atom stereocenters. The smallest absolute Gasteiger partial charge is 0.171 e. The average molecular weight is 409 g/mol. The van der Waals surface area contributed by atoms with Gasteiger partial charge >= 0.3 is 0 Å². The molecule has 0 amide bonds. The maximum Gasteiger partial charge on any atom is 0.171 e. The van der Waals surface area contributed by atoms with Crippen LogP contribution >= 0.6 is 11.6 Å². The molecule has 0 radical (unpaired) electrons. The van der Waals surface area contributed by atoms with E-state index in [0.29, 0.717) is 5.15 Å². The van der Waals surface area contributed by atoms with E-state index in [0.717, 1.165) is 59.9 Å². The van der Waals surface area contributed by atoms with Gasteiger partial charge in [-0.2, -0.15) is 0 Å². The maximum absolute atomic E-state index is 6.31. The van der Waals surface area contributed by atoms with E-state index < -0.39 is 0 Å².